The molecule has 0 aliphatic heterocycles. The van der Waals surface area contributed by atoms with Gasteiger partial charge in [0.05, 0.1) is 30.5 Å². The van der Waals surface area contributed by atoms with E-state index in [2.05, 4.69) is 5.10 Å². The van der Waals surface area contributed by atoms with E-state index in [4.69, 9.17) is 5.11 Å². The molecule has 2 N–H and O–H groups in total. The fourth-order valence-electron chi connectivity index (χ4n) is 2.13. The molecule has 2 rings (SSSR count). The van der Waals surface area contributed by atoms with Crippen molar-refractivity contribution in [3.63, 3.8) is 0 Å². The molecule has 0 fully saturated rings. The Hall–Kier alpha value is -1.39. The molecule has 1 atom stereocenters. The smallest absolute Gasteiger partial charge is 0.0962 e. The van der Waals surface area contributed by atoms with Gasteiger partial charge >= 0.3 is 0 Å². The normalized spacial score (nSPS) is 13.1. The second-order valence-corrected chi connectivity index (χ2v) is 4.15. The molecule has 92 valence electrons. The molecule has 17 heavy (non-hydrogen) atoms. The van der Waals surface area contributed by atoms with Gasteiger partial charge in [-0.15, -0.1) is 0 Å². The maximum Gasteiger partial charge on any atom is 0.0962 e. The fraction of sp³-hybridized carbons (Fsp3) is 0.462. The molecule has 0 saturated carbocycles. The highest BCUT2D eigenvalue weighted by Gasteiger charge is 2.17. The number of aliphatic hydroxyl groups is 2. The van der Waals surface area contributed by atoms with Gasteiger partial charge in [-0.1, -0.05) is 31.5 Å². The zero-order chi connectivity index (χ0) is 12.3. The quantitative estimate of drug-likeness (QED) is 0.830. The van der Waals surface area contributed by atoms with Crippen molar-refractivity contribution in [2.75, 3.05) is 6.61 Å². The number of rotatable bonds is 5. The van der Waals surface area contributed by atoms with E-state index in [0.29, 0.717) is 13.0 Å². The van der Waals surface area contributed by atoms with E-state index in [-0.39, 0.29) is 6.61 Å². The third-order valence-corrected chi connectivity index (χ3v) is 2.88. The van der Waals surface area contributed by atoms with Crippen molar-refractivity contribution in [2.24, 2.45) is 0 Å². The summed E-state index contributed by atoms with van der Waals surface area (Å²) in [7, 11) is 0. The predicted octanol–water partition coefficient (Wildman–Crippen LogP) is 1.86. The Morgan fingerprint density at radius 1 is 1.35 bits per heavy atom. The van der Waals surface area contributed by atoms with E-state index in [9.17, 15) is 5.11 Å². The molecular formula is C13H18N2O2. The van der Waals surface area contributed by atoms with Crippen molar-refractivity contribution in [3.8, 4) is 0 Å². The topological polar surface area (TPSA) is 58.3 Å². The second-order valence-electron chi connectivity index (χ2n) is 4.15. The second kappa shape index (κ2) is 5.29. The first-order valence-electron chi connectivity index (χ1n) is 6.02. The van der Waals surface area contributed by atoms with Crippen LogP contribution in [0.4, 0.5) is 0 Å². The lowest BCUT2D eigenvalue weighted by Crippen LogP contribution is -2.11. The molecule has 2 aromatic rings. The highest BCUT2D eigenvalue weighted by molar-refractivity contribution is 5.81. The van der Waals surface area contributed by atoms with Crippen LogP contribution in [-0.2, 0) is 6.54 Å². The third-order valence-electron chi connectivity index (χ3n) is 2.88. The van der Waals surface area contributed by atoms with Gasteiger partial charge in [-0.25, -0.2) is 0 Å². The molecule has 0 amide bonds. The lowest BCUT2D eigenvalue weighted by molar-refractivity contribution is 0.153. The molecule has 1 aromatic heterocycles. The number of fused-ring (bicyclic) bond motifs is 1. The molecule has 1 aromatic carbocycles. The van der Waals surface area contributed by atoms with Gasteiger partial charge in [-0.05, 0) is 12.5 Å². The Morgan fingerprint density at radius 3 is 2.82 bits per heavy atom. The first-order valence-corrected chi connectivity index (χ1v) is 6.02. The molecule has 0 aliphatic carbocycles. The lowest BCUT2D eigenvalue weighted by atomic mass is 10.1. The fourth-order valence-corrected chi connectivity index (χ4v) is 2.13. The van der Waals surface area contributed by atoms with Gasteiger partial charge in [0.2, 0.25) is 0 Å². The first-order chi connectivity index (χ1) is 8.27. The molecule has 0 saturated heterocycles. The van der Waals surface area contributed by atoms with Crippen LogP contribution in [-0.4, -0.2) is 26.6 Å². The summed E-state index contributed by atoms with van der Waals surface area (Å²) in [5.41, 5.74) is 1.68. The van der Waals surface area contributed by atoms with Crippen LogP contribution in [0.2, 0.25) is 0 Å². The van der Waals surface area contributed by atoms with Crippen molar-refractivity contribution >= 4 is 10.9 Å². The van der Waals surface area contributed by atoms with Crippen molar-refractivity contribution in [1.82, 2.24) is 9.78 Å². The van der Waals surface area contributed by atoms with Gasteiger partial charge in [-0.3, -0.25) is 4.68 Å². The molecule has 0 spiro atoms. The largest absolute Gasteiger partial charge is 0.394 e. The Balaban J connectivity index is 2.51. The summed E-state index contributed by atoms with van der Waals surface area (Å²) in [5, 5.41) is 24.6. The highest BCUT2D eigenvalue weighted by Crippen LogP contribution is 2.26. The van der Waals surface area contributed by atoms with Crippen LogP contribution in [0.25, 0.3) is 10.9 Å². The number of aromatic nitrogens is 2. The van der Waals surface area contributed by atoms with Gasteiger partial charge in [-0.2, -0.15) is 5.10 Å². The highest BCUT2D eigenvalue weighted by atomic mass is 16.3. The molecule has 0 bridgehead atoms. The SMILES string of the molecule is CCC[C@@H](O)c1c2ccccc2nn1CCO. The Labute approximate surface area is 100 Å². The summed E-state index contributed by atoms with van der Waals surface area (Å²) in [4.78, 5) is 0. The van der Waals surface area contributed by atoms with Crippen LogP contribution in [0, 0.1) is 0 Å². The minimum atomic E-state index is -0.515. The zero-order valence-electron chi connectivity index (χ0n) is 10.0. The number of aliphatic hydroxyl groups excluding tert-OH is 2. The van der Waals surface area contributed by atoms with Gasteiger partial charge in [0.1, 0.15) is 0 Å². The maximum absolute atomic E-state index is 10.2. The van der Waals surface area contributed by atoms with E-state index in [1.807, 2.05) is 31.2 Å². The monoisotopic (exact) mass is 234 g/mol. The van der Waals surface area contributed by atoms with E-state index in [1.165, 1.54) is 0 Å². The molecule has 0 unspecified atom stereocenters. The maximum atomic E-state index is 10.2. The molecule has 0 aliphatic rings. The molecule has 4 heteroatoms. The minimum absolute atomic E-state index is 0.0276. The number of nitrogens with zero attached hydrogens (tertiary/aromatic N) is 2. The lowest BCUT2D eigenvalue weighted by Gasteiger charge is -2.12. The summed E-state index contributed by atoms with van der Waals surface area (Å²) in [5.74, 6) is 0. The third kappa shape index (κ3) is 2.33. The van der Waals surface area contributed by atoms with Crippen molar-refractivity contribution < 1.29 is 10.2 Å². The molecular weight excluding hydrogens is 216 g/mol. The minimum Gasteiger partial charge on any atom is -0.394 e. The Bertz CT molecular complexity index is 493. The van der Waals surface area contributed by atoms with Crippen LogP contribution >= 0.6 is 0 Å². The van der Waals surface area contributed by atoms with Gasteiger partial charge in [0.15, 0.2) is 0 Å². The van der Waals surface area contributed by atoms with Gasteiger partial charge in [0, 0.05) is 5.39 Å². The van der Waals surface area contributed by atoms with E-state index >= 15 is 0 Å². The summed E-state index contributed by atoms with van der Waals surface area (Å²) in [6, 6.07) is 7.75. The Morgan fingerprint density at radius 2 is 2.12 bits per heavy atom. The van der Waals surface area contributed by atoms with E-state index < -0.39 is 6.10 Å². The van der Waals surface area contributed by atoms with Crippen molar-refractivity contribution in [2.45, 2.75) is 32.4 Å². The van der Waals surface area contributed by atoms with Crippen LogP contribution < -0.4 is 0 Å². The predicted molar refractivity (Wildman–Crippen MR) is 66.7 cm³/mol. The average molecular weight is 234 g/mol. The van der Waals surface area contributed by atoms with E-state index in [0.717, 1.165) is 23.0 Å². The number of hydrogen-bond donors (Lipinski definition) is 2. The van der Waals surface area contributed by atoms with Crippen LogP contribution in [0.1, 0.15) is 31.6 Å². The summed E-state index contributed by atoms with van der Waals surface area (Å²) < 4.78 is 1.71. The number of benzene rings is 1. The van der Waals surface area contributed by atoms with Crippen molar-refractivity contribution in [1.29, 1.82) is 0 Å². The van der Waals surface area contributed by atoms with E-state index in [1.54, 1.807) is 4.68 Å². The standard InChI is InChI=1S/C13H18N2O2/c1-2-5-12(17)13-10-6-3-4-7-11(10)14-15(13)8-9-16/h3-4,6-7,12,16-17H,2,5,8-9H2,1H3/t12-/m1/s1. The molecule has 4 nitrogen and oxygen atoms in total. The molecule has 1 heterocycles. The van der Waals surface area contributed by atoms with Gasteiger partial charge in [0.25, 0.3) is 0 Å². The Kier molecular flexibility index (Phi) is 3.76. The summed E-state index contributed by atoms with van der Waals surface area (Å²) in [6.45, 7) is 2.49. The summed E-state index contributed by atoms with van der Waals surface area (Å²) >= 11 is 0. The van der Waals surface area contributed by atoms with Gasteiger partial charge < -0.3 is 10.2 Å². The first kappa shape index (κ1) is 12.1. The van der Waals surface area contributed by atoms with Crippen LogP contribution in [0.5, 0.6) is 0 Å². The van der Waals surface area contributed by atoms with Crippen molar-refractivity contribution in [3.05, 3.63) is 30.0 Å². The van der Waals surface area contributed by atoms with Crippen LogP contribution in [0.3, 0.4) is 0 Å². The average Bonchev–Trinajstić information content (AvgIpc) is 2.67. The molecule has 0 radical (unpaired) electrons. The summed E-state index contributed by atoms with van der Waals surface area (Å²) in [6.07, 6.45) is 1.11. The zero-order valence-corrected chi connectivity index (χ0v) is 10.0. The van der Waals surface area contributed by atoms with Crippen LogP contribution in [0.15, 0.2) is 24.3 Å². The number of hydrogen-bond acceptors (Lipinski definition) is 3.